The van der Waals surface area contributed by atoms with Gasteiger partial charge in [0.05, 0.1) is 5.69 Å². The first-order chi connectivity index (χ1) is 9.60. The van der Waals surface area contributed by atoms with Crippen molar-refractivity contribution in [1.29, 1.82) is 0 Å². The smallest absolute Gasteiger partial charge is 0.189 e. The van der Waals surface area contributed by atoms with Crippen molar-refractivity contribution in [1.82, 2.24) is 10.3 Å². The molecule has 0 radical (unpaired) electrons. The highest BCUT2D eigenvalue weighted by molar-refractivity contribution is 7.13. The molecule has 1 N–H and O–H groups in total. The first-order valence-corrected chi connectivity index (χ1v) is 7.98. The summed E-state index contributed by atoms with van der Waals surface area (Å²) in [5.74, 6) is 0. The van der Waals surface area contributed by atoms with Crippen LogP contribution in [0, 0.1) is 0 Å². The second kappa shape index (κ2) is 6.86. The van der Waals surface area contributed by atoms with Gasteiger partial charge < -0.3 is 10.2 Å². The Hall–Kier alpha value is -1.39. The summed E-state index contributed by atoms with van der Waals surface area (Å²) >= 11 is 1.69. The SMILES string of the molecule is CCc1ccc(N(C)c2nc(CNC(C)C)cs2)cc1. The molecule has 1 heterocycles. The summed E-state index contributed by atoms with van der Waals surface area (Å²) < 4.78 is 0. The lowest BCUT2D eigenvalue weighted by atomic mass is 10.1. The maximum Gasteiger partial charge on any atom is 0.189 e. The summed E-state index contributed by atoms with van der Waals surface area (Å²) in [7, 11) is 2.07. The predicted octanol–water partition coefficient (Wildman–Crippen LogP) is 3.97. The molecule has 0 aliphatic heterocycles. The van der Waals surface area contributed by atoms with Crippen molar-refractivity contribution in [3.05, 3.63) is 40.9 Å². The Morgan fingerprint density at radius 1 is 1.25 bits per heavy atom. The van der Waals surface area contributed by atoms with E-state index in [1.165, 1.54) is 11.3 Å². The largest absolute Gasteiger partial charge is 0.321 e. The monoisotopic (exact) mass is 289 g/mol. The van der Waals surface area contributed by atoms with E-state index in [0.717, 1.165) is 23.8 Å². The van der Waals surface area contributed by atoms with Crippen molar-refractivity contribution in [3.63, 3.8) is 0 Å². The molecule has 0 fully saturated rings. The Bertz CT molecular complexity index is 531. The molecule has 108 valence electrons. The molecule has 0 saturated heterocycles. The average molecular weight is 289 g/mol. The van der Waals surface area contributed by atoms with Crippen LogP contribution in [0.25, 0.3) is 0 Å². The molecule has 0 unspecified atom stereocenters. The van der Waals surface area contributed by atoms with Crippen LogP contribution in [0.4, 0.5) is 10.8 Å². The van der Waals surface area contributed by atoms with Crippen molar-refractivity contribution in [2.45, 2.75) is 39.8 Å². The number of aryl methyl sites for hydroxylation is 1. The van der Waals surface area contributed by atoms with E-state index in [9.17, 15) is 0 Å². The van der Waals surface area contributed by atoms with Crippen LogP contribution >= 0.6 is 11.3 Å². The molecule has 3 nitrogen and oxygen atoms in total. The van der Waals surface area contributed by atoms with Crippen LogP contribution in [0.15, 0.2) is 29.6 Å². The zero-order chi connectivity index (χ0) is 14.5. The van der Waals surface area contributed by atoms with Gasteiger partial charge in [0, 0.05) is 30.7 Å². The molecule has 1 aromatic heterocycles. The third-order valence-electron chi connectivity index (χ3n) is 3.25. The van der Waals surface area contributed by atoms with Crippen LogP contribution in [0.5, 0.6) is 0 Å². The van der Waals surface area contributed by atoms with Gasteiger partial charge >= 0.3 is 0 Å². The summed E-state index contributed by atoms with van der Waals surface area (Å²) in [4.78, 5) is 6.82. The lowest BCUT2D eigenvalue weighted by Gasteiger charge is -2.16. The topological polar surface area (TPSA) is 28.2 Å². The number of hydrogen-bond donors (Lipinski definition) is 1. The summed E-state index contributed by atoms with van der Waals surface area (Å²) in [5, 5.41) is 6.56. The number of thiazole rings is 1. The van der Waals surface area contributed by atoms with Crippen molar-refractivity contribution < 1.29 is 0 Å². The average Bonchev–Trinajstić information content (AvgIpc) is 2.93. The minimum absolute atomic E-state index is 0.486. The molecule has 0 spiro atoms. The van der Waals surface area contributed by atoms with Crippen molar-refractivity contribution in [3.8, 4) is 0 Å². The number of nitrogens with one attached hydrogen (secondary N) is 1. The van der Waals surface area contributed by atoms with Crippen LogP contribution in [0.1, 0.15) is 32.0 Å². The van der Waals surface area contributed by atoms with Crippen molar-refractivity contribution in [2.24, 2.45) is 0 Å². The Balaban J connectivity index is 2.06. The molecule has 0 aliphatic carbocycles. The van der Waals surface area contributed by atoms with Crippen LogP contribution < -0.4 is 10.2 Å². The highest BCUT2D eigenvalue weighted by atomic mass is 32.1. The summed E-state index contributed by atoms with van der Waals surface area (Å²) in [6.07, 6.45) is 1.08. The van der Waals surface area contributed by atoms with E-state index in [1.807, 2.05) is 0 Å². The Kier molecular flexibility index (Phi) is 5.15. The van der Waals surface area contributed by atoms with Crippen molar-refractivity contribution in [2.75, 3.05) is 11.9 Å². The van der Waals surface area contributed by atoms with Crippen LogP contribution in [-0.2, 0) is 13.0 Å². The second-order valence-electron chi connectivity index (χ2n) is 5.24. The van der Waals surface area contributed by atoms with E-state index in [-0.39, 0.29) is 0 Å². The molecule has 0 bridgehead atoms. The van der Waals surface area contributed by atoms with Gasteiger partial charge in [-0.1, -0.05) is 32.9 Å². The molecule has 0 atom stereocenters. The van der Waals surface area contributed by atoms with E-state index in [2.05, 4.69) is 72.7 Å². The predicted molar refractivity (Wildman–Crippen MR) is 88.0 cm³/mol. The molecule has 4 heteroatoms. The van der Waals surface area contributed by atoms with E-state index in [0.29, 0.717) is 6.04 Å². The normalized spacial score (nSPS) is 11.1. The first-order valence-electron chi connectivity index (χ1n) is 7.10. The molecule has 1 aromatic carbocycles. The number of rotatable bonds is 6. The maximum atomic E-state index is 4.68. The van der Waals surface area contributed by atoms with Crippen LogP contribution in [0.2, 0.25) is 0 Å². The fraction of sp³-hybridized carbons (Fsp3) is 0.438. The van der Waals surface area contributed by atoms with Crippen LogP contribution in [-0.4, -0.2) is 18.1 Å². The molecule has 0 aliphatic rings. The fourth-order valence-corrected chi connectivity index (χ4v) is 2.72. The lowest BCUT2D eigenvalue weighted by molar-refractivity contribution is 0.583. The maximum absolute atomic E-state index is 4.68. The molecule has 2 rings (SSSR count). The number of anilines is 2. The fourth-order valence-electron chi connectivity index (χ4n) is 1.91. The molecular formula is C16H23N3S. The van der Waals surface area contributed by atoms with Gasteiger partial charge in [0.1, 0.15) is 0 Å². The number of nitrogens with zero attached hydrogens (tertiary/aromatic N) is 2. The zero-order valence-corrected chi connectivity index (χ0v) is 13.5. The molecule has 2 aromatic rings. The minimum Gasteiger partial charge on any atom is -0.321 e. The van der Waals surface area contributed by atoms with Gasteiger partial charge in [0.25, 0.3) is 0 Å². The number of hydrogen-bond acceptors (Lipinski definition) is 4. The van der Waals surface area contributed by atoms with Gasteiger partial charge in [-0.2, -0.15) is 0 Å². The molecular weight excluding hydrogens is 266 g/mol. The van der Waals surface area contributed by atoms with Gasteiger partial charge in [-0.25, -0.2) is 4.98 Å². The number of aromatic nitrogens is 1. The standard InChI is InChI=1S/C16H23N3S/c1-5-13-6-8-15(9-7-13)19(4)16-18-14(11-20-16)10-17-12(2)3/h6-9,11-12,17H,5,10H2,1-4H3. The second-order valence-corrected chi connectivity index (χ2v) is 6.07. The zero-order valence-electron chi connectivity index (χ0n) is 12.7. The van der Waals surface area contributed by atoms with Gasteiger partial charge in [-0.05, 0) is 24.1 Å². The number of benzene rings is 1. The highest BCUT2D eigenvalue weighted by Crippen LogP contribution is 2.27. The summed E-state index contributed by atoms with van der Waals surface area (Å²) in [5.41, 5.74) is 3.65. The minimum atomic E-state index is 0.486. The van der Waals surface area contributed by atoms with Gasteiger partial charge in [-0.15, -0.1) is 11.3 Å². The lowest BCUT2D eigenvalue weighted by Crippen LogP contribution is -2.22. The Labute approximate surface area is 125 Å². The van der Waals surface area contributed by atoms with E-state index < -0.39 is 0 Å². The van der Waals surface area contributed by atoms with Gasteiger partial charge in [0.2, 0.25) is 0 Å². The quantitative estimate of drug-likeness (QED) is 0.872. The highest BCUT2D eigenvalue weighted by Gasteiger charge is 2.09. The first kappa shape index (κ1) is 15.0. The van der Waals surface area contributed by atoms with Gasteiger partial charge in [0.15, 0.2) is 5.13 Å². The third-order valence-corrected chi connectivity index (χ3v) is 4.22. The summed E-state index contributed by atoms with van der Waals surface area (Å²) in [6, 6.07) is 9.17. The van der Waals surface area contributed by atoms with Gasteiger partial charge in [-0.3, -0.25) is 0 Å². The van der Waals surface area contributed by atoms with Crippen LogP contribution in [0.3, 0.4) is 0 Å². The Morgan fingerprint density at radius 2 is 1.95 bits per heavy atom. The van der Waals surface area contributed by atoms with E-state index in [4.69, 9.17) is 0 Å². The summed E-state index contributed by atoms with van der Waals surface area (Å²) in [6.45, 7) is 7.30. The molecule has 20 heavy (non-hydrogen) atoms. The van der Waals surface area contributed by atoms with Crippen molar-refractivity contribution >= 4 is 22.2 Å². The van der Waals surface area contributed by atoms with E-state index in [1.54, 1.807) is 11.3 Å². The molecule has 0 saturated carbocycles. The third kappa shape index (κ3) is 3.81. The molecule has 0 amide bonds. The van der Waals surface area contributed by atoms with E-state index >= 15 is 0 Å². The Morgan fingerprint density at radius 3 is 2.55 bits per heavy atom.